The molecule has 0 N–H and O–H groups in total. The number of anilines is 1. The molecule has 34 heavy (non-hydrogen) atoms. The predicted octanol–water partition coefficient (Wildman–Crippen LogP) is 4.20. The summed E-state index contributed by atoms with van der Waals surface area (Å²) < 4.78 is 15.7. The Bertz CT molecular complexity index is 1430. The monoisotopic (exact) mass is 476 g/mol. The number of para-hydroxylation sites is 1. The lowest BCUT2D eigenvalue weighted by Crippen LogP contribution is -2.50. The molecule has 0 saturated carbocycles. The number of carbonyl (C=O) groups excluding carboxylic acids is 1. The average molecular weight is 477 g/mol. The van der Waals surface area contributed by atoms with Gasteiger partial charge in [0.1, 0.15) is 17.0 Å². The summed E-state index contributed by atoms with van der Waals surface area (Å²) in [5, 5.41) is 1.32. The van der Waals surface area contributed by atoms with Crippen LogP contribution in [-0.2, 0) is 6.54 Å². The first-order chi connectivity index (χ1) is 16.5. The van der Waals surface area contributed by atoms with Crippen LogP contribution in [0.15, 0.2) is 77.7 Å². The fourth-order valence-corrected chi connectivity index (χ4v) is 4.59. The summed E-state index contributed by atoms with van der Waals surface area (Å²) in [5.41, 5.74) is 1.28. The number of piperazine rings is 1. The van der Waals surface area contributed by atoms with Crippen LogP contribution < -0.4 is 10.5 Å². The number of carbonyl (C=O) groups is 1. The Labute approximate surface area is 200 Å². The van der Waals surface area contributed by atoms with E-state index in [2.05, 4.69) is 9.88 Å². The van der Waals surface area contributed by atoms with Gasteiger partial charge >= 0.3 is 0 Å². The highest BCUT2D eigenvalue weighted by Gasteiger charge is 2.26. The Kier molecular flexibility index (Phi) is 6.02. The Hall–Kier alpha value is -3.71. The second kappa shape index (κ2) is 9.27. The molecule has 5 rings (SSSR count). The number of aromatic nitrogens is 2. The molecule has 3 heterocycles. The second-order valence-corrected chi connectivity index (χ2v) is 8.59. The van der Waals surface area contributed by atoms with E-state index in [0.717, 1.165) is 5.69 Å². The minimum atomic E-state index is -0.479. The molecule has 0 radical (unpaired) electrons. The van der Waals surface area contributed by atoms with Crippen molar-refractivity contribution in [3.8, 4) is 0 Å². The maximum absolute atomic E-state index is 14.3. The molecule has 8 heteroatoms. The maximum atomic E-state index is 14.3. The fourth-order valence-electron chi connectivity index (χ4n) is 4.33. The highest BCUT2D eigenvalue weighted by molar-refractivity contribution is 6.33. The minimum Gasteiger partial charge on any atom is -0.367 e. The van der Waals surface area contributed by atoms with Crippen molar-refractivity contribution in [1.29, 1.82) is 0 Å². The third-order valence-electron chi connectivity index (χ3n) is 6.12. The third kappa shape index (κ3) is 4.15. The van der Waals surface area contributed by atoms with Crippen molar-refractivity contribution in [1.82, 2.24) is 14.5 Å². The molecule has 0 aliphatic carbocycles. The van der Waals surface area contributed by atoms with Gasteiger partial charge in [-0.25, -0.2) is 9.37 Å². The molecule has 0 atom stereocenters. The molecule has 172 valence electrons. The van der Waals surface area contributed by atoms with Crippen molar-refractivity contribution < 1.29 is 9.18 Å². The normalized spacial score (nSPS) is 13.9. The van der Waals surface area contributed by atoms with Gasteiger partial charge in [-0.15, -0.1) is 0 Å². The Morgan fingerprint density at radius 2 is 1.71 bits per heavy atom. The summed E-state index contributed by atoms with van der Waals surface area (Å²) in [7, 11) is 0. The van der Waals surface area contributed by atoms with E-state index >= 15 is 0 Å². The van der Waals surface area contributed by atoms with Crippen LogP contribution in [0.4, 0.5) is 10.1 Å². The summed E-state index contributed by atoms with van der Waals surface area (Å²) in [6.07, 6.45) is 1.58. The van der Waals surface area contributed by atoms with Crippen LogP contribution in [0.5, 0.6) is 0 Å². The average Bonchev–Trinajstić information content (AvgIpc) is 2.87. The van der Waals surface area contributed by atoms with Crippen LogP contribution in [-0.4, -0.2) is 46.5 Å². The molecule has 1 fully saturated rings. The number of fused-ring (bicyclic) bond motifs is 1. The SMILES string of the molecule is O=C(c1cc2cccnc2n(Cc2ccccc2F)c1=O)N1CCN(c2ccccc2Cl)CC1. The van der Waals surface area contributed by atoms with Crippen molar-refractivity contribution in [2.24, 2.45) is 0 Å². The topological polar surface area (TPSA) is 58.4 Å². The number of pyridine rings is 2. The first-order valence-corrected chi connectivity index (χ1v) is 11.4. The smallest absolute Gasteiger partial charge is 0.265 e. The zero-order valence-corrected chi connectivity index (χ0v) is 19.1. The number of rotatable bonds is 4. The van der Waals surface area contributed by atoms with Crippen LogP contribution in [0.1, 0.15) is 15.9 Å². The molecule has 0 bridgehead atoms. The van der Waals surface area contributed by atoms with Gasteiger partial charge in [-0.05, 0) is 36.4 Å². The molecule has 1 aliphatic rings. The van der Waals surface area contributed by atoms with E-state index < -0.39 is 11.4 Å². The second-order valence-electron chi connectivity index (χ2n) is 8.19. The number of amides is 1. The maximum Gasteiger partial charge on any atom is 0.265 e. The molecule has 6 nitrogen and oxygen atoms in total. The van der Waals surface area contributed by atoms with E-state index in [1.807, 2.05) is 24.3 Å². The molecule has 1 saturated heterocycles. The quantitative estimate of drug-likeness (QED) is 0.443. The summed E-state index contributed by atoms with van der Waals surface area (Å²) in [6.45, 7) is 2.12. The van der Waals surface area contributed by atoms with Crippen molar-refractivity contribution in [3.05, 3.63) is 105 Å². The van der Waals surface area contributed by atoms with Gasteiger partial charge < -0.3 is 9.80 Å². The Morgan fingerprint density at radius 3 is 2.47 bits per heavy atom. The minimum absolute atomic E-state index is 0.0135. The van der Waals surface area contributed by atoms with Gasteiger partial charge in [-0.1, -0.05) is 41.9 Å². The number of benzene rings is 2. The van der Waals surface area contributed by atoms with Crippen molar-refractivity contribution >= 4 is 34.2 Å². The lowest BCUT2D eigenvalue weighted by atomic mass is 10.1. The number of halogens is 2. The van der Waals surface area contributed by atoms with Gasteiger partial charge in [0, 0.05) is 43.3 Å². The van der Waals surface area contributed by atoms with E-state index in [1.165, 1.54) is 10.6 Å². The van der Waals surface area contributed by atoms with E-state index in [-0.39, 0.29) is 18.0 Å². The molecule has 2 aromatic carbocycles. The van der Waals surface area contributed by atoms with Crippen molar-refractivity contribution in [3.63, 3.8) is 0 Å². The van der Waals surface area contributed by atoms with Gasteiger partial charge in [0.2, 0.25) is 0 Å². The lowest BCUT2D eigenvalue weighted by Gasteiger charge is -2.36. The zero-order valence-electron chi connectivity index (χ0n) is 18.3. The molecular formula is C26H22ClFN4O2. The number of nitrogens with zero attached hydrogens (tertiary/aromatic N) is 4. The van der Waals surface area contributed by atoms with Gasteiger partial charge in [0.15, 0.2) is 0 Å². The van der Waals surface area contributed by atoms with Crippen molar-refractivity contribution in [2.45, 2.75) is 6.54 Å². The largest absolute Gasteiger partial charge is 0.367 e. The molecule has 1 amide bonds. The van der Waals surface area contributed by atoms with Crippen molar-refractivity contribution in [2.75, 3.05) is 31.1 Å². The van der Waals surface area contributed by atoms with E-state index in [1.54, 1.807) is 47.5 Å². The number of hydrogen-bond donors (Lipinski definition) is 0. The predicted molar refractivity (Wildman–Crippen MR) is 131 cm³/mol. The highest BCUT2D eigenvalue weighted by atomic mass is 35.5. The summed E-state index contributed by atoms with van der Waals surface area (Å²) in [6, 6.07) is 19.0. The molecule has 0 spiro atoms. The Balaban J connectivity index is 1.45. The summed E-state index contributed by atoms with van der Waals surface area (Å²) >= 11 is 6.32. The molecule has 2 aromatic heterocycles. The van der Waals surface area contributed by atoms with Crippen LogP contribution >= 0.6 is 11.6 Å². The summed E-state index contributed by atoms with van der Waals surface area (Å²) in [4.78, 5) is 35.0. The first-order valence-electron chi connectivity index (χ1n) is 11.0. The highest BCUT2D eigenvalue weighted by Crippen LogP contribution is 2.26. The standard InChI is InChI=1S/C26H22ClFN4O2/c27-21-8-2-4-10-23(21)30-12-14-31(15-13-30)25(33)20-16-18-7-5-11-29-24(18)32(26(20)34)17-19-6-1-3-9-22(19)28/h1-11,16H,12-15,17H2. The Morgan fingerprint density at radius 1 is 0.971 bits per heavy atom. The lowest BCUT2D eigenvalue weighted by molar-refractivity contribution is 0.0744. The van der Waals surface area contributed by atoms with Crippen LogP contribution in [0, 0.1) is 5.82 Å². The van der Waals surface area contributed by atoms with E-state index in [4.69, 9.17) is 11.6 Å². The summed E-state index contributed by atoms with van der Waals surface area (Å²) in [5.74, 6) is -0.747. The number of hydrogen-bond acceptors (Lipinski definition) is 4. The first kappa shape index (κ1) is 22.1. The molecule has 4 aromatic rings. The van der Waals surface area contributed by atoms with Gasteiger partial charge in [0.25, 0.3) is 11.5 Å². The van der Waals surface area contributed by atoms with Gasteiger partial charge in [0.05, 0.1) is 17.3 Å². The molecule has 0 unspecified atom stereocenters. The fraction of sp³-hybridized carbons (Fsp3) is 0.192. The van der Waals surface area contributed by atoms with Crippen LogP contribution in [0.2, 0.25) is 5.02 Å². The molecular weight excluding hydrogens is 455 g/mol. The van der Waals surface area contributed by atoms with E-state index in [9.17, 15) is 14.0 Å². The van der Waals surface area contributed by atoms with Crippen LogP contribution in [0.3, 0.4) is 0 Å². The molecule has 1 aliphatic heterocycles. The van der Waals surface area contributed by atoms with Gasteiger partial charge in [-0.2, -0.15) is 0 Å². The zero-order chi connectivity index (χ0) is 23.7. The van der Waals surface area contributed by atoms with Gasteiger partial charge in [-0.3, -0.25) is 14.2 Å². The third-order valence-corrected chi connectivity index (χ3v) is 6.44. The van der Waals surface area contributed by atoms with Crippen LogP contribution in [0.25, 0.3) is 11.0 Å². The van der Waals surface area contributed by atoms with E-state index in [0.29, 0.717) is 47.8 Å².